The number of piperidine rings is 1. The molecule has 0 radical (unpaired) electrons. The van der Waals surface area contributed by atoms with Crippen molar-refractivity contribution in [1.29, 1.82) is 0 Å². The largest absolute Gasteiger partial charge is 0.324 e. The maximum Gasteiger partial charge on any atom is 0.0282 e. The molecule has 1 saturated carbocycles. The van der Waals surface area contributed by atoms with Gasteiger partial charge in [-0.3, -0.25) is 0 Å². The normalized spacial score (nSPS) is 27.9. The van der Waals surface area contributed by atoms with E-state index in [2.05, 4.69) is 17.3 Å². The van der Waals surface area contributed by atoms with Gasteiger partial charge in [-0.05, 0) is 58.3 Å². The molecule has 0 unspecified atom stereocenters. The zero-order valence-electron chi connectivity index (χ0n) is 9.26. The Morgan fingerprint density at radius 2 is 2.00 bits per heavy atom. The van der Waals surface area contributed by atoms with Crippen LogP contribution in [0.5, 0.6) is 0 Å². The Labute approximate surface area is 87.0 Å². The van der Waals surface area contributed by atoms with E-state index < -0.39 is 0 Å². The summed E-state index contributed by atoms with van der Waals surface area (Å²) in [7, 11) is 2.21. The fourth-order valence-electron chi connectivity index (χ4n) is 2.13. The molecule has 14 heavy (non-hydrogen) atoms. The maximum atomic E-state index is 6.01. The van der Waals surface area contributed by atoms with Crippen molar-refractivity contribution in [2.45, 2.75) is 31.2 Å². The molecular weight excluding hydrogens is 174 g/mol. The summed E-state index contributed by atoms with van der Waals surface area (Å²) in [5.41, 5.74) is 6.19. The number of rotatable bonds is 4. The van der Waals surface area contributed by atoms with Gasteiger partial charge in [0.15, 0.2) is 0 Å². The molecule has 1 aliphatic carbocycles. The minimum Gasteiger partial charge on any atom is -0.324 e. The van der Waals surface area contributed by atoms with Crippen molar-refractivity contribution in [2.24, 2.45) is 11.7 Å². The monoisotopic (exact) mass is 197 g/mol. The molecule has 0 amide bonds. The summed E-state index contributed by atoms with van der Waals surface area (Å²) in [5.74, 6) is 0.883. The van der Waals surface area contributed by atoms with E-state index in [4.69, 9.17) is 5.73 Å². The molecule has 2 fully saturated rings. The van der Waals surface area contributed by atoms with Crippen molar-refractivity contribution in [3.05, 3.63) is 0 Å². The Balaban J connectivity index is 1.57. The van der Waals surface area contributed by atoms with Gasteiger partial charge in [-0.25, -0.2) is 0 Å². The van der Waals surface area contributed by atoms with Crippen LogP contribution >= 0.6 is 0 Å². The predicted molar refractivity (Wildman–Crippen MR) is 59.2 cm³/mol. The number of hydrogen-bond donors (Lipinski definition) is 2. The molecule has 0 bridgehead atoms. The van der Waals surface area contributed by atoms with Gasteiger partial charge in [-0.1, -0.05) is 0 Å². The molecular formula is C11H23N3. The lowest BCUT2D eigenvalue weighted by molar-refractivity contribution is 0.215. The molecule has 2 aliphatic rings. The number of hydrogen-bond acceptors (Lipinski definition) is 3. The van der Waals surface area contributed by atoms with E-state index in [0.717, 1.165) is 12.5 Å². The third kappa shape index (κ3) is 2.94. The third-order valence-electron chi connectivity index (χ3n) is 3.64. The van der Waals surface area contributed by atoms with Crippen LogP contribution in [0.25, 0.3) is 0 Å². The van der Waals surface area contributed by atoms with E-state index in [1.807, 2.05) is 0 Å². The van der Waals surface area contributed by atoms with Gasteiger partial charge in [-0.2, -0.15) is 0 Å². The third-order valence-corrected chi connectivity index (χ3v) is 3.64. The summed E-state index contributed by atoms with van der Waals surface area (Å²) < 4.78 is 0. The molecule has 3 heteroatoms. The molecule has 0 aromatic rings. The molecule has 0 atom stereocenters. The summed E-state index contributed by atoms with van der Waals surface area (Å²) in [6.45, 7) is 4.73. The van der Waals surface area contributed by atoms with Gasteiger partial charge >= 0.3 is 0 Å². The average molecular weight is 197 g/mol. The van der Waals surface area contributed by atoms with Crippen molar-refractivity contribution in [1.82, 2.24) is 10.2 Å². The molecule has 2 rings (SSSR count). The summed E-state index contributed by atoms with van der Waals surface area (Å²) >= 11 is 0. The molecule has 3 N–H and O–H groups in total. The van der Waals surface area contributed by atoms with Gasteiger partial charge in [-0.15, -0.1) is 0 Å². The Hall–Kier alpha value is -0.120. The molecule has 3 nitrogen and oxygen atoms in total. The second-order valence-corrected chi connectivity index (χ2v) is 5.24. The second kappa shape index (κ2) is 4.17. The average Bonchev–Trinajstić information content (AvgIpc) is 2.88. The topological polar surface area (TPSA) is 41.3 Å². The lowest BCUT2D eigenvalue weighted by Gasteiger charge is -2.29. The van der Waals surface area contributed by atoms with Crippen LogP contribution in [0.1, 0.15) is 25.7 Å². The number of nitrogens with one attached hydrogen (secondary N) is 1. The summed E-state index contributed by atoms with van der Waals surface area (Å²) in [5, 5.41) is 3.53. The molecule has 0 aromatic heterocycles. The van der Waals surface area contributed by atoms with Gasteiger partial charge in [0.2, 0.25) is 0 Å². The first-order valence-electron chi connectivity index (χ1n) is 5.86. The van der Waals surface area contributed by atoms with Crippen LogP contribution in [0.15, 0.2) is 0 Å². The highest BCUT2D eigenvalue weighted by molar-refractivity contribution is 5.00. The first-order chi connectivity index (χ1) is 6.68. The molecule has 1 aliphatic heterocycles. The molecule has 1 heterocycles. The molecule has 0 spiro atoms. The van der Waals surface area contributed by atoms with Crippen molar-refractivity contribution in [3.63, 3.8) is 0 Å². The van der Waals surface area contributed by atoms with Crippen LogP contribution in [0.3, 0.4) is 0 Å². The SMILES string of the molecule is CN1CCC(CNCC2(N)CC2)CC1. The first-order valence-corrected chi connectivity index (χ1v) is 5.86. The fourth-order valence-corrected chi connectivity index (χ4v) is 2.13. The minimum absolute atomic E-state index is 0.172. The lowest BCUT2D eigenvalue weighted by Crippen LogP contribution is -2.40. The Bertz CT molecular complexity index is 181. The van der Waals surface area contributed by atoms with Crippen LogP contribution in [0, 0.1) is 5.92 Å². The van der Waals surface area contributed by atoms with Crippen LogP contribution in [-0.2, 0) is 0 Å². The number of nitrogens with two attached hydrogens (primary N) is 1. The standard InChI is InChI=1S/C11H23N3/c1-14-6-2-10(3-7-14)8-13-9-11(12)4-5-11/h10,13H,2-9,12H2,1H3. The van der Waals surface area contributed by atoms with E-state index >= 15 is 0 Å². The number of likely N-dealkylation sites (tertiary alicyclic amines) is 1. The zero-order chi connectivity index (χ0) is 10.0. The highest BCUT2D eigenvalue weighted by Gasteiger charge is 2.37. The van der Waals surface area contributed by atoms with Gasteiger partial charge in [0.1, 0.15) is 0 Å². The van der Waals surface area contributed by atoms with E-state index in [9.17, 15) is 0 Å². The Morgan fingerprint density at radius 3 is 2.57 bits per heavy atom. The summed E-state index contributed by atoms with van der Waals surface area (Å²) in [6.07, 6.45) is 5.13. The summed E-state index contributed by atoms with van der Waals surface area (Å²) in [6, 6.07) is 0. The van der Waals surface area contributed by atoms with E-state index in [1.165, 1.54) is 45.3 Å². The van der Waals surface area contributed by atoms with Crippen LogP contribution in [-0.4, -0.2) is 43.7 Å². The van der Waals surface area contributed by atoms with Crippen LogP contribution in [0.2, 0.25) is 0 Å². The second-order valence-electron chi connectivity index (χ2n) is 5.24. The summed E-state index contributed by atoms with van der Waals surface area (Å²) in [4.78, 5) is 2.42. The lowest BCUT2D eigenvalue weighted by atomic mass is 9.97. The van der Waals surface area contributed by atoms with E-state index in [-0.39, 0.29) is 5.54 Å². The maximum absolute atomic E-state index is 6.01. The van der Waals surface area contributed by atoms with Gasteiger partial charge in [0, 0.05) is 12.1 Å². The van der Waals surface area contributed by atoms with Gasteiger partial charge < -0.3 is 16.0 Å². The number of nitrogens with zero attached hydrogens (tertiary/aromatic N) is 1. The smallest absolute Gasteiger partial charge is 0.0282 e. The highest BCUT2D eigenvalue weighted by Crippen LogP contribution is 2.31. The van der Waals surface area contributed by atoms with E-state index in [1.54, 1.807) is 0 Å². The fraction of sp³-hybridized carbons (Fsp3) is 1.00. The van der Waals surface area contributed by atoms with Crippen molar-refractivity contribution in [2.75, 3.05) is 33.2 Å². The quantitative estimate of drug-likeness (QED) is 0.686. The molecule has 0 aromatic carbocycles. The van der Waals surface area contributed by atoms with E-state index in [0.29, 0.717) is 0 Å². The Kier molecular flexibility index (Phi) is 3.10. The highest BCUT2D eigenvalue weighted by atomic mass is 15.1. The van der Waals surface area contributed by atoms with Gasteiger partial charge in [0.05, 0.1) is 0 Å². The van der Waals surface area contributed by atoms with Crippen LogP contribution < -0.4 is 11.1 Å². The molecule has 1 saturated heterocycles. The zero-order valence-corrected chi connectivity index (χ0v) is 9.26. The predicted octanol–water partition coefficient (Wildman–Crippen LogP) is 0.409. The van der Waals surface area contributed by atoms with Crippen molar-refractivity contribution in [3.8, 4) is 0 Å². The minimum atomic E-state index is 0.172. The Morgan fingerprint density at radius 1 is 1.36 bits per heavy atom. The van der Waals surface area contributed by atoms with Crippen LogP contribution in [0.4, 0.5) is 0 Å². The van der Waals surface area contributed by atoms with Crippen molar-refractivity contribution < 1.29 is 0 Å². The molecule has 82 valence electrons. The first kappa shape index (κ1) is 10.4. The van der Waals surface area contributed by atoms with Crippen molar-refractivity contribution >= 4 is 0 Å². The van der Waals surface area contributed by atoms with Gasteiger partial charge in [0.25, 0.3) is 0 Å².